The van der Waals surface area contributed by atoms with E-state index in [0.29, 0.717) is 111 Å². The lowest BCUT2D eigenvalue weighted by Gasteiger charge is -2.22. The third kappa shape index (κ3) is 27.9. The third-order valence-corrected chi connectivity index (χ3v) is 5.14. The molecule has 0 unspecified atom stereocenters. The largest absolute Gasteiger partial charge is 0.382 e. The molecule has 0 rings (SSSR count). The highest BCUT2D eigenvalue weighted by Gasteiger charge is 2.13. The zero-order chi connectivity index (χ0) is 25.0. The Labute approximate surface area is 208 Å². The van der Waals surface area contributed by atoms with E-state index in [1.54, 1.807) is 7.11 Å². The van der Waals surface area contributed by atoms with Crippen LogP contribution >= 0.6 is 0 Å². The van der Waals surface area contributed by atoms with Gasteiger partial charge in [-0.25, -0.2) is 0 Å². The van der Waals surface area contributed by atoms with Gasteiger partial charge in [0.05, 0.1) is 106 Å². The average molecular weight is 497 g/mol. The summed E-state index contributed by atoms with van der Waals surface area (Å²) in [7, 11) is 1.65. The molecule has 0 spiro atoms. The number of methoxy groups -OCH3 is 1. The van der Waals surface area contributed by atoms with Gasteiger partial charge in [-0.3, -0.25) is 0 Å². The molecule has 0 aromatic heterocycles. The minimum atomic E-state index is 0.417. The standard InChI is InChI=1S/C25H52O9/c1-5-25(2,3)7-6-8-27-11-12-29-15-16-31-19-20-33-23-24-34-22-21-32-18-17-30-14-13-28-10-9-26-4/h5-24H2,1-4H3. The van der Waals surface area contributed by atoms with Gasteiger partial charge in [-0.05, 0) is 18.3 Å². The molecule has 9 heteroatoms. The first kappa shape index (κ1) is 33.6. The number of ether oxygens (including phenoxy) is 9. The molecule has 34 heavy (non-hydrogen) atoms. The van der Waals surface area contributed by atoms with Crippen molar-refractivity contribution in [3.63, 3.8) is 0 Å². The SMILES string of the molecule is CCC(C)(C)CCCOCCOCCOCCOCCOCCOCCOCCOCCOC. The molecule has 0 fully saturated rings. The summed E-state index contributed by atoms with van der Waals surface area (Å²) in [5.74, 6) is 0. The molecule has 0 aliphatic carbocycles. The maximum Gasteiger partial charge on any atom is 0.0701 e. The highest BCUT2D eigenvalue weighted by molar-refractivity contribution is 4.65. The summed E-state index contributed by atoms with van der Waals surface area (Å²) in [4.78, 5) is 0. The lowest BCUT2D eigenvalue weighted by molar-refractivity contribution is -0.0244. The zero-order valence-corrected chi connectivity index (χ0v) is 22.3. The Balaban J connectivity index is 3.05. The summed E-state index contributed by atoms with van der Waals surface area (Å²) >= 11 is 0. The van der Waals surface area contributed by atoms with Crippen LogP contribution in [-0.4, -0.2) is 119 Å². The summed E-state index contributed by atoms with van der Waals surface area (Å²) in [6, 6.07) is 0. The zero-order valence-electron chi connectivity index (χ0n) is 22.3. The molecule has 0 aliphatic heterocycles. The normalized spacial score (nSPS) is 12.0. The van der Waals surface area contributed by atoms with Gasteiger partial charge in [0.15, 0.2) is 0 Å². The number of hydrogen-bond donors (Lipinski definition) is 0. The van der Waals surface area contributed by atoms with Gasteiger partial charge in [-0.2, -0.15) is 0 Å². The maximum absolute atomic E-state index is 5.60. The molecule has 0 bridgehead atoms. The fraction of sp³-hybridized carbons (Fsp3) is 1.00. The first-order valence-electron chi connectivity index (χ1n) is 12.7. The molecule has 0 aromatic carbocycles. The van der Waals surface area contributed by atoms with Crippen molar-refractivity contribution in [1.29, 1.82) is 0 Å². The Morgan fingerprint density at radius 2 is 0.676 bits per heavy atom. The van der Waals surface area contributed by atoms with E-state index >= 15 is 0 Å². The molecule has 0 heterocycles. The van der Waals surface area contributed by atoms with Crippen molar-refractivity contribution in [2.24, 2.45) is 5.41 Å². The molecular weight excluding hydrogens is 444 g/mol. The molecule has 0 N–H and O–H groups in total. The first-order valence-corrected chi connectivity index (χ1v) is 12.7. The Hall–Kier alpha value is -0.360. The van der Waals surface area contributed by atoms with Gasteiger partial charge in [0.2, 0.25) is 0 Å². The second kappa shape index (κ2) is 27.2. The summed E-state index contributed by atoms with van der Waals surface area (Å²) < 4.78 is 48.5. The quantitative estimate of drug-likeness (QED) is 0.145. The maximum atomic E-state index is 5.60. The second-order valence-corrected chi connectivity index (χ2v) is 8.51. The second-order valence-electron chi connectivity index (χ2n) is 8.51. The number of hydrogen-bond acceptors (Lipinski definition) is 9. The van der Waals surface area contributed by atoms with E-state index in [4.69, 9.17) is 42.6 Å². The van der Waals surface area contributed by atoms with Crippen LogP contribution in [0.25, 0.3) is 0 Å². The minimum Gasteiger partial charge on any atom is -0.382 e. The molecule has 0 aliphatic rings. The number of rotatable bonds is 29. The smallest absolute Gasteiger partial charge is 0.0701 e. The molecule has 0 saturated carbocycles. The fourth-order valence-electron chi connectivity index (χ4n) is 2.61. The monoisotopic (exact) mass is 496 g/mol. The molecule has 9 nitrogen and oxygen atoms in total. The predicted octanol–water partition coefficient (Wildman–Crippen LogP) is 2.98. The van der Waals surface area contributed by atoms with Crippen molar-refractivity contribution in [2.45, 2.75) is 40.0 Å². The fourth-order valence-corrected chi connectivity index (χ4v) is 2.61. The van der Waals surface area contributed by atoms with Gasteiger partial charge in [0.25, 0.3) is 0 Å². The predicted molar refractivity (Wildman–Crippen MR) is 132 cm³/mol. The third-order valence-electron chi connectivity index (χ3n) is 5.14. The van der Waals surface area contributed by atoms with E-state index in [1.165, 1.54) is 12.8 Å². The van der Waals surface area contributed by atoms with Crippen molar-refractivity contribution >= 4 is 0 Å². The summed E-state index contributed by atoms with van der Waals surface area (Å²) in [6.07, 6.45) is 3.50. The van der Waals surface area contributed by atoms with Crippen molar-refractivity contribution in [1.82, 2.24) is 0 Å². The van der Waals surface area contributed by atoms with Gasteiger partial charge >= 0.3 is 0 Å². The highest BCUT2D eigenvalue weighted by atomic mass is 16.6. The summed E-state index contributed by atoms with van der Waals surface area (Å²) in [6.45, 7) is 16.7. The Morgan fingerprint density at radius 1 is 0.412 bits per heavy atom. The van der Waals surface area contributed by atoms with Crippen LogP contribution in [0.4, 0.5) is 0 Å². The van der Waals surface area contributed by atoms with E-state index in [-0.39, 0.29) is 0 Å². The molecule has 206 valence electrons. The summed E-state index contributed by atoms with van der Waals surface area (Å²) in [5.41, 5.74) is 0.417. The van der Waals surface area contributed by atoms with Crippen LogP contribution in [0.15, 0.2) is 0 Å². The Morgan fingerprint density at radius 3 is 0.941 bits per heavy atom. The molecule has 0 amide bonds. The van der Waals surface area contributed by atoms with Gasteiger partial charge in [-0.1, -0.05) is 27.2 Å². The van der Waals surface area contributed by atoms with Crippen molar-refractivity contribution in [3.05, 3.63) is 0 Å². The summed E-state index contributed by atoms with van der Waals surface area (Å²) in [5, 5.41) is 0. The first-order chi connectivity index (χ1) is 16.6. The molecule has 0 aromatic rings. The van der Waals surface area contributed by atoms with Crippen molar-refractivity contribution in [2.75, 3.05) is 119 Å². The topological polar surface area (TPSA) is 83.1 Å². The van der Waals surface area contributed by atoms with E-state index in [0.717, 1.165) is 13.0 Å². The van der Waals surface area contributed by atoms with E-state index in [1.807, 2.05) is 0 Å². The van der Waals surface area contributed by atoms with E-state index < -0.39 is 0 Å². The van der Waals surface area contributed by atoms with E-state index in [9.17, 15) is 0 Å². The highest BCUT2D eigenvalue weighted by Crippen LogP contribution is 2.25. The molecule has 0 saturated heterocycles. The Bertz CT molecular complexity index is 383. The molecule has 0 radical (unpaired) electrons. The van der Waals surface area contributed by atoms with Gasteiger partial charge < -0.3 is 42.6 Å². The van der Waals surface area contributed by atoms with Crippen LogP contribution in [0, 0.1) is 5.41 Å². The van der Waals surface area contributed by atoms with Crippen LogP contribution in [0.5, 0.6) is 0 Å². The van der Waals surface area contributed by atoms with Crippen molar-refractivity contribution in [3.8, 4) is 0 Å². The minimum absolute atomic E-state index is 0.417. The lowest BCUT2D eigenvalue weighted by Crippen LogP contribution is -2.15. The van der Waals surface area contributed by atoms with Gasteiger partial charge in [0, 0.05) is 13.7 Å². The average Bonchev–Trinajstić information content (AvgIpc) is 2.83. The lowest BCUT2D eigenvalue weighted by atomic mass is 9.85. The van der Waals surface area contributed by atoms with Gasteiger partial charge in [-0.15, -0.1) is 0 Å². The van der Waals surface area contributed by atoms with E-state index in [2.05, 4.69) is 20.8 Å². The van der Waals surface area contributed by atoms with Crippen molar-refractivity contribution < 1.29 is 42.6 Å². The van der Waals surface area contributed by atoms with Crippen LogP contribution < -0.4 is 0 Å². The van der Waals surface area contributed by atoms with Crippen LogP contribution in [0.1, 0.15) is 40.0 Å². The van der Waals surface area contributed by atoms with Crippen LogP contribution in [0.3, 0.4) is 0 Å². The van der Waals surface area contributed by atoms with Crippen LogP contribution in [0.2, 0.25) is 0 Å². The van der Waals surface area contributed by atoms with Crippen LogP contribution in [-0.2, 0) is 42.6 Å². The van der Waals surface area contributed by atoms with Gasteiger partial charge in [0.1, 0.15) is 0 Å². The molecular formula is C25H52O9. The molecule has 0 atom stereocenters. The Kier molecular flexibility index (Phi) is 26.9.